The van der Waals surface area contributed by atoms with E-state index in [1.54, 1.807) is 6.26 Å². The Labute approximate surface area is 109 Å². The molecule has 1 N–H and O–H groups in total. The van der Waals surface area contributed by atoms with Crippen molar-refractivity contribution in [3.63, 3.8) is 0 Å². The van der Waals surface area contributed by atoms with Crippen molar-refractivity contribution in [2.24, 2.45) is 0 Å². The van der Waals surface area contributed by atoms with E-state index in [0.717, 1.165) is 37.9 Å². The summed E-state index contributed by atoms with van der Waals surface area (Å²) in [4.78, 5) is 9.13. The van der Waals surface area contributed by atoms with Gasteiger partial charge in [0.2, 0.25) is 0 Å². The Morgan fingerprint density at radius 3 is 2.94 bits per heavy atom. The monoisotopic (exact) mass is 252 g/mol. The fourth-order valence-electron chi connectivity index (χ4n) is 2.05. The molecule has 0 aliphatic carbocycles. The van der Waals surface area contributed by atoms with Gasteiger partial charge in [-0.05, 0) is 14.0 Å². The molecule has 0 spiro atoms. The topological polar surface area (TPSA) is 44.5 Å². The van der Waals surface area contributed by atoms with E-state index in [2.05, 4.69) is 47.9 Å². The molecule has 1 fully saturated rings. The van der Waals surface area contributed by atoms with Crippen molar-refractivity contribution < 1.29 is 4.42 Å². The van der Waals surface area contributed by atoms with E-state index < -0.39 is 0 Å². The van der Waals surface area contributed by atoms with Crippen LogP contribution in [0.15, 0.2) is 10.7 Å². The first-order valence-electron chi connectivity index (χ1n) is 6.69. The average Bonchev–Trinajstić information content (AvgIpc) is 2.79. The van der Waals surface area contributed by atoms with Crippen molar-refractivity contribution in [1.29, 1.82) is 0 Å². The van der Waals surface area contributed by atoms with E-state index in [9.17, 15) is 0 Å². The van der Waals surface area contributed by atoms with Gasteiger partial charge in [0.25, 0.3) is 6.01 Å². The molecule has 18 heavy (non-hydrogen) atoms. The van der Waals surface area contributed by atoms with Crippen molar-refractivity contribution in [1.82, 2.24) is 15.2 Å². The number of oxazole rings is 1. The summed E-state index contributed by atoms with van der Waals surface area (Å²) < 4.78 is 5.58. The van der Waals surface area contributed by atoms with Crippen molar-refractivity contribution in [3.8, 4) is 0 Å². The zero-order valence-corrected chi connectivity index (χ0v) is 11.8. The van der Waals surface area contributed by atoms with Crippen LogP contribution in [0.1, 0.15) is 26.5 Å². The number of hydrogen-bond acceptors (Lipinski definition) is 5. The Hall–Kier alpha value is -1.07. The molecule has 1 aliphatic heterocycles. The molecule has 5 heteroatoms. The summed E-state index contributed by atoms with van der Waals surface area (Å²) >= 11 is 0. The molecular formula is C13H24N4O. The van der Waals surface area contributed by atoms with Gasteiger partial charge in [0.15, 0.2) is 0 Å². The predicted molar refractivity (Wildman–Crippen MR) is 72.8 cm³/mol. The van der Waals surface area contributed by atoms with E-state index in [1.165, 1.54) is 0 Å². The quantitative estimate of drug-likeness (QED) is 0.875. The second kappa shape index (κ2) is 5.71. The van der Waals surface area contributed by atoms with Crippen LogP contribution in [0, 0.1) is 0 Å². The first-order chi connectivity index (χ1) is 8.56. The van der Waals surface area contributed by atoms with Gasteiger partial charge < -0.3 is 19.5 Å². The Morgan fingerprint density at radius 2 is 2.28 bits per heavy atom. The molecule has 1 unspecified atom stereocenters. The van der Waals surface area contributed by atoms with Gasteiger partial charge >= 0.3 is 0 Å². The lowest BCUT2D eigenvalue weighted by atomic mass is 10.2. The third-order valence-corrected chi connectivity index (χ3v) is 3.46. The maximum Gasteiger partial charge on any atom is 0.297 e. The van der Waals surface area contributed by atoms with Gasteiger partial charge in [0, 0.05) is 38.3 Å². The summed E-state index contributed by atoms with van der Waals surface area (Å²) in [5.41, 5.74) is 0.977. The SMILES string of the molecule is CC(C)NCc1coc(N2CCN(C)C(C)C2)n1. The summed E-state index contributed by atoms with van der Waals surface area (Å²) in [5, 5.41) is 3.34. The van der Waals surface area contributed by atoms with Crippen molar-refractivity contribution in [2.45, 2.75) is 39.4 Å². The number of nitrogens with one attached hydrogen (secondary N) is 1. The van der Waals surface area contributed by atoms with Gasteiger partial charge in [-0.25, -0.2) is 0 Å². The Morgan fingerprint density at radius 1 is 1.50 bits per heavy atom. The molecule has 5 nitrogen and oxygen atoms in total. The van der Waals surface area contributed by atoms with Crippen LogP contribution in [0.2, 0.25) is 0 Å². The normalized spacial score (nSPS) is 21.8. The maximum atomic E-state index is 5.58. The molecule has 1 saturated heterocycles. The minimum atomic E-state index is 0.466. The van der Waals surface area contributed by atoms with Crippen LogP contribution in [-0.2, 0) is 6.54 Å². The predicted octanol–water partition coefficient (Wildman–Crippen LogP) is 1.31. The van der Waals surface area contributed by atoms with Crippen LogP contribution in [0.25, 0.3) is 0 Å². The van der Waals surface area contributed by atoms with Crippen LogP contribution in [0.5, 0.6) is 0 Å². The number of likely N-dealkylation sites (N-methyl/N-ethyl adjacent to an activating group) is 1. The highest BCUT2D eigenvalue weighted by Crippen LogP contribution is 2.17. The van der Waals surface area contributed by atoms with E-state index in [1.807, 2.05) is 0 Å². The summed E-state index contributed by atoms with van der Waals surface area (Å²) in [7, 11) is 2.16. The number of piperazine rings is 1. The van der Waals surface area contributed by atoms with Crippen LogP contribution < -0.4 is 10.2 Å². The molecule has 0 bridgehead atoms. The summed E-state index contributed by atoms with van der Waals surface area (Å²) in [6.45, 7) is 10.3. The van der Waals surface area contributed by atoms with Gasteiger partial charge in [0.05, 0.1) is 5.69 Å². The lowest BCUT2D eigenvalue weighted by Crippen LogP contribution is -2.50. The molecular weight excluding hydrogens is 228 g/mol. The van der Waals surface area contributed by atoms with Gasteiger partial charge in [-0.3, -0.25) is 0 Å². The van der Waals surface area contributed by atoms with Crippen LogP contribution in [0.4, 0.5) is 6.01 Å². The molecule has 0 radical (unpaired) electrons. The van der Waals surface area contributed by atoms with Crippen molar-refractivity contribution in [3.05, 3.63) is 12.0 Å². The van der Waals surface area contributed by atoms with E-state index in [4.69, 9.17) is 4.42 Å². The number of hydrogen-bond donors (Lipinski definition) is 1. The fraction of sp³-hybridized carbons (Fsp3) is 0.769. The van der Waals surface area contributed by atoms with Crippen LogP contribution in [0.3, 0.4) is 0 Å². The fourth-order valence-corrected chi connectivity index (χ4v) is 2.05. The van der Waals surface area contributed by atoms with Gasteiger partial charge in [0.1, 0.15) is 6.26 Å². The second-order valence-corrected chi connectivity index (χ2v) is 5.43. The highest BCUT2D eigenvalue weighted by Gasteiger charge is 2.23. The maximum absolute atomic E-state index is 5.58. The first-order valence-corrected chi connectivity index (χ1v) is 6.69. The molecule has 1 aromatic rings. The number of anilines is 1. The van der Waals surface area contributed by atoms with E-state index >= 15 is 0 Å². The minimum Gasteiger partial charge on any atom is -0.432 e. The van der Waals surface area contributed by atoms with Crippen molar-refractivity contribution >= 4 is 6.01 Å². The molecule has 2 heterocycles. The molecule has 1 atom stereocenters. The summed E-state index contributed by atoms with van der Waals surface area (Å²) in [5.74, 6) is 0. The highest BCUT2D eigenvalue weighted by atomic mass is 16.4. The molecule has 0 amide bonds. The molecule has 0 saturated carbocycles. The van der Waals surface area contributed by atoms with Crippen molar-refractivity contribution in [2.75, 3.05) is 31.6 Å². The lowest BCUT2D eigenvalue weighted by molar-refractivity contribution is 0.229. The van der Waals surface area contributed by atoms with E-state index in [-0.39, 0.29) is 0 Å². The number of nitrogens with zero attached hydrogens (tertiary/aromatic N) is 3. The standard InChI is InChI=1S/C13H24N4O/c1-10(2)14-7-12-9-18-13(15-12)17-6-5-16(4)11(3)8-17/h9-11,14H,5-8H2,1-4H3. The number of rotatable bonds is 4. The van der Waals surface area contributed by atoms with Gasteiger partial charge in [-0.1, -0.05) is 13.8 Å². The summed E-state index contributed by atoms with van der Waals surface area (Å²) in [6, 6.07) is 1.77. The van der Waals surface area contributed by atoms with Gasteiger partial charge in [-0.2, -0.15) is 4.98 Å². The van der Waals surface area contributed by atoms with E-state index in [0.29, 0.717) is 12.1 Å². The average molecular weight is 252 g/mol. The zero-order chi connectivity index (χ0) is 13.1. The molecule has 1 aromatic heterocycles. The molecule has 0 aromatic carbocycles. The molecule has 2 rings (SSSR count). The largest absolute Gasteiger partial charge is 0.432 e. The molecule has 1 aliphatic rings. The van der Waals surface area contributed by atoms with Crippen LogP contribution in [-0.4, -0.2) is 48.6 Å². The zero-order valence-electron chi connectivity index (χ0n) is 11.8. The first kappa shape index (κ1) is 13.4. The Kier molecular flexibility index (Phi) is 4.24. The smallest absolute Gasteiger partial charge is 0.297 e. The van der Waals surface area contributed by atoms with Gasteiger partial charge in [-0.15, -0.1) is 0 Å². The second-order valence-electron chi connectivity index (χ2n) is 5.43. The minimum absolute atomic E-state index is 0.466. The Bertz CT molecular complexity index is 377. The third kappa shape index (κ3) is 3.23. The highest BCUT2D eigenvalue weighted by molar-refractivity contribution is 5.28. The van der Waals surface area contributed by atoms with Crippen LogP contribution >= 0.6 is 0 Å². The lowest BCUT2D eigenvalue weighted by Gasteiger charge is -2.36. The summed E-state index contributed by atoms with van der Waals surface area (Å²) in [6.07, 6.45) is 1.76. The Balaban J connectivity index is 1.93. The number of aromatic nitrogens is 1. The molecule has 102 valence electrons. The third-order valence-electron chi connectivity index (χ3n) is 3.46.